The zero-order chi connectivity index (χ0) is 9.19. The number of aliphatic hydroxyl groups is 1. The maximum Gasteiger partial charge on any atom is 0.244 e. The maximum absolute atomic E-state index is 10.5. The summed E-state index contributed by atoms with van der Waals surface area (Å²) in [4.78, 5) is 10.1. The molecule has 12 heavy (non-hydrogen) atoms. The van der Waals surface area contributed by atoms with Crippen LogP contribution in [0.2, 0.25) is 0 Å². The van der Waals surface area contributed by atoms with Gasteiger partial charge in [0.05, 0.1) is 0 Å². The molecule has 0 aromatic carbocycles. The van der Waals surface area contributed by atoms with E-state index in [1.54, 1.807) is 0 Å². The Bertz CT molecular complexity index is 204. The van der Waals surface area contributed by atoms with Gasteiger partial charge in [-0.3, -0.25) is 10.1 Å². The van der Waals surface area contributed by atoms with E-state index < -0.39 is 16.6 Å². The predicted octanol–water partition coefficient (Wildman–Crippen LogP) is 1.12. The van der Waals surface area contributed by atoms with Gasteiger partial charge in [0.1, 0.15) is 5.60 Å². The molecule has 0 bridgehead atoms. The summed E-state index contributed by atoms with van der Waals surface area (Å²) in [5, 5.41) is 20.3. The first-order chi connectivity index (χ1) is 5.60. The molecule has 4 heteroatoms. The lowest BCUT2D eigenvalue weighted by Gasteiger charge is -2.31. The van der Waals surface area contributed by atoms with Crippen LogP contribution in [0, 0.1) is 10.1 Å². The van der Waals surface area contributed by atoms with Gasteiger partial charge in [-0.15, -0.1) is 0 Å². The Labute approximate surface area is 71.0 Å². The largest absolute Gasteiger partial charge is 0.379 e. The summed E-state index contributed by atoms with van der Waals surface area (Å²) in [7, 11) is 0. The second-order valence-corrected chi connectivity index (χ2v) is 3.24. The van der Waals surface area contributed by atoms with E-state index in [9.17, 15) is 15.2 Å². The van der Waals surface area contributed by atoms with Gasteiger partial charge in [-0.1, -0.05) is 12.7 Å². The van der Waals surface area contributed by atoms with E-state index in [-0.39, 0.29) is 0 Å². The van der Waals surface area contributed by atoms with Crippen molar-refractivity contribution in [2.24, 2.45) is 0 Å². The Balaban J connectivity index is 2.80. The molecule has 0 radical (unpaired) electrons. The SMILES string of the molecule is C=C[C@]1(O)CCCC[C@@H]1[N+](=O)[O-]. The van der Waals surface area contributed by atoms with Crippen LogP contribution in [0.15, 0.2) is 12.7 Å². The first-order valence-corrected chi connectivity index (χ1v) is 4.09. The van der Waals surface area contributed by atoms with Crippen LogP contribution in [0.1, 0.15) is 25.7 Å². The molecule has 4 nitrogen and oxygen atoms in total. The average molecular weight is 171 g/mol. The smallest absolute Gasteiger partial charge is 0.244 e. The van der Waals surface area contributed by atoms with Gasteiger partial charge in [-0.05, 0) is 19.3 Å². The van der Waals surface area contributed by atoms with E-state index in [4.69, 9.17) is 0 Å². The highest BCUT2D eigenvalue weighted by molar-refractivity contribution is 5.03. The lowest BCUT2D eigenvalue weighted by atomic mass is 9.81. The summed E-state index contributed by atoms with van der Waals surface area (Å²) in [6.07, 6.45) is 3.88. The van der Waals surface area contributed by atoms with Gasteiger partial charge < -0.3 is 5.11 Å². The second kappa shape index (κ2) is 3.23. The van der Waals surface area contributed by atoms with Gasteiger partial charge in [0.15, 0.2) is 0 Å². The number of rotatable bonds is 2. The minimum Gasteiger partial charge on any atom is -0.379 e. The molecule has 0 unspecified atom stereocenters. The third-order valence-electron chi connectivity index (χ3n) is 2.49. The first-order valence-electron chi connectivity index (χ1n) is 4.09. The van der Waals surface area contributed by atoms with Crippen LogP contribution in [0.5, 0.6) is 0 Å². The molecule has 1 N–H and O–H groups in total. The quantitative estimate of drug-likeness (QED) is 0.384. The van der Waals surface area contributed by atoms with Crippen molar-refractivity contribution >= 4 is 0 Å². The van der Waals surface area contributed by atoms with Crippen LogP contribution in [-0.4, -0.2) is 21.7 Å². The van der Waals surface area contributed by atoms with E-state index in [2.05, 4.69) is 6.58 Å². The monoisotopic (exact) mass is 171 g/mol. The maximum atomic E-state index is 10.5. The van der Waals surface area contributed by atoms with E-state index in [0.29, 0.717) is 12.8 Å². The number of hydrogen-bond donors (Lipinski definition) is 1. The molecule has 1 aliphatic rings. The van der Waals surface area contributed by atoms with Crippen LogP contribution in [0.25, 0.3) is 0 Å². The van der Waals surface area contributed by atoms with Gasteiger partial charge in [0.25, 0.3) is 0 Å². The van der Waals surface area contributed by atoms with Crippen LogP contribution >= 0.6 is 0 Å². The second-order valence-electron chi connectivity index (χ2n) is 3.24. The summed E-state index contributed by atoms with van der Waals surface area (Å²) in [6, 6.07) is -0.858. The molecule has 0 heterocycles. The molecule has 1 fully saturated rings. The molecule has 68 valence electrons. The van der Waals surface area contributed by atoms with Gasteiger partial charge in [-0.2, -0.15) is 0 Å². The summed E-state index contributed by atoms with van der Waals surface area (Å²) in [5.41, 5.74) is -1.28. The summed E-state index contributed by atoms with van der Waals surface area (Å²) in [5.74, 6) is 0. The van der Waals surface area contributed by atoms with Crippen molar-refractivity contribution in [2.45, 2.75) is 37.3 Å². The molecule has 1 aliphatic carbocycles. The summed E-state index contributed by atoms with van der Waals surface area (Å²) < 4.78 is 0. The Morgan fingerprint density at radius 2 is 2.33 bits per heavy atom. The summed E-state index contributed by atoms with van der Waals surface area (Å²) in [6.45, 7) is 3.43. The highest BCUT2D eigenvalue weighted by atomic mass is 16.6. The van der Waals surface area contributed by atoms with Gasteiger partial charge in [0.2, 0.25) is 6.04 Å². The predicted molar refractivity (Wildman–Crippen MR) is 44.4 cm³/mol. The Morgan fingerprint density at radius 3 is 2.75 bits per heavy atom. The van der Waals surface area contributed by atoms with Gasteiger partial charge in [-0.25, -0.2) is 0 Å². The van der Waals surface area contributed by atoms with Crippen LogP contribution in [-0.2, 0) is 0 Å². The van der Waals surface area contributed by atoms with Gasteiger partial charge in [0, 0.05) is 11.3 Å². The van der Waals surface area contributed by atoms with Crippen molar-refractivity contribution in [2.75, 3.05) is 0 Å². The minimum absolute atomic E-state index is 0.402. The molecule has 0 spiro atoms. The van der Waals surface area contributed by atoms with Crippen molar-refractivity contribution in [3.8, 4) is 0 Å². The van der Waals surface area contributed by atoms with Crippen molar-refractivity contribution in [3.63, 3.8) is 0 Å². The molecule has 0 aromatic rings. The molecular weight excluding hydrogens is 158 g/mol. The average Bonchev–Trinajstić information content (AvgIpc) is 2.05. The van der Waals surface area contributed by atoms with Crippen molar-refractivity contribution in [3.05, 3.63) is 22.8 Å². The van der Waals surface area contributed by atoms with E-state index in [1.165, 1.54) is 6.08 Å². The van der Waals surface area contributed by atoms with E-state index >= 15 is 0 Å². The van der Waals surface area contributed by atoms with E-state index in [0.717, 1.165) is 12.8 Å². The minimum atomic E-state index is -1.28. The standard InChI is InChI=1S/C8H13NO3/c1-2-8(10)6-4-3-5-7(8)9(11)12/h2,7,10H,1,3-6H2/t7-,8-/m0/s1. The Kier molecular flexibility index (Phi) is 2.47. The zero-order valence-corrected chi connectivity index (χ0v) is 6.90. The van der Waals surface area contributed by atoms with Crippen molar-refractivity contribution < 1.29 is 10.0 Å². The Hall–Kier alpha value is -0.900. The highest BCUT2D eigenvalue weighted by Crippen LogP contribution is 2.30. The molecule has 0 amide bonds. The van der Waals surface area contributed by atoms with Crippen molar-refractivity contribution in [1.82, 2.24) is 0 Å². The third-order valence-corrected chi connectivity index (χ3v) is 2.49. The zero-order valence-electron chi connectivity index (χ0n) is 6.90. The van der Waals surface area contributed by atoms with Gasteiger partial charge >= 0.3 is 0 Å². The van der Waals surface area contributed by atoms with Crippen LogP contribution < -0.4 is 0 Å². The van der Waals surface area contributed by atoms with Crippen LogP contribution in [0.3, 0.4) is 0 Å². The first kappa shape index (κ1) is 9.19. The number of hydrogen-bond acceptors (Lipinski definition) is 3. The number of nitrogens with zero attached hydrogens (tertiary/aromatic N) is 1. The van der Waals surface area contributed by atoms with E-state index in [1.807, 2.05) is 0 Å². The lowest BCUT2D eigenvalue weighted by Crippen LogP contribution is -2.47. The molecule has 0 aromatic heterocycles. The third kappa shape index (κ3) is 1.48. The molecule has 1 rings (SSSR count). The molecule has 1 saturated carbocycles. The molecule has 2 atom stereocenters. The van der Waals surface area contributed by atoms with Crippen molar-refractivity contribution in [1.29, 1.82) is 0 Å². The Morgan fingerprint density at radius 1 is 1.67 bits per heavy atom. The number of nitro groups is 1. The van der Waals surface area contributed by atoms with Crippen LogP contribution in [0.4, 0.5) is 0 Å². The fourth-order valence-electron chi connectivity index (χ4n) is 1.69. The lowest BCUT2D eigenvalue weighted by molar-refractivity contribution is -0.545. The molecular formula is C8H13NO3. The highest BCUT2D eigenvalue weighted by Gasteiger charge is 2.44. The fraction of sp³-hybridized carbons (Fsp3) is 0.750. The molecule has 0 aliphatic heterocycles. The molecule has 0 saturated heterocycles. The fourth-order valence-corrected chi connectivity index (χ4v) is 1.69. The normalized spacial score (nSPS) is 35.9. The topological polar surface area (TPSA) is 63.4 Å². The summed E-state index contributed by atoms with van der Waals surface area (Å²) >= 11 is 0.